The highest BCUT2D eigenvalue weighted by Gasteiger charge is 2.23. The van der Waals surface area contributed by atoms with E-state index in [2.05, 4.69) is 10.4 Å². The van der Waals surface area contributed by atoms with Gasteiger partial charge in [-0.15, -0.1) is 0 Å². The summed E-state index contributed by atoms with van der Waals surface area (Å²) in [5.41, 5.74) is 1.94. The van der Waals surface area contributed by atoms with Gasteiger partial charge in [-0.2, -0.15) is 5.10 Å². The van der Waals surface area contributed by atoms with Crippen LogP contribution in [-0.4, -0.2) is 34.4 Å². The lowest BCUT2D eigenvalue weighted by Gasteiger charge is -2.20. The van der Waals surface area contributed by atoms with E-state index in [1.807, 2.05) is 26.8 Å². The zero-order valence-corrected chi connectivity index (χ0v) is 11.3. The quantitative estimate of drug-likeness (QED) is 0.874. The van der Waals surface area contributed by atoms with Crippen LogP contribution >= 0.6 is 0 Å². The highest BCUT2D eigenvalue weighted by Crippen LogP contribution is 2.15. The summed E-state index contributed by atoms with van der Waals surface area (Å²) in [7, 11) is 0. The first kappa shape index (κ1) is 13.1. The number of carbonyl (C=O) groups excluding carboxylic acids is 1. The SMILES string of the molecule is Cc1cc(C)n(CC(=O)N[C@@H](C)[C@H]2CCCO2)n1. The number of amides is 1. The molecule has 0 radical (unpaired) electrons. The number of nitrogens with one attached hydrogen (secondary N) is 1. The van der Waals surface area contributed by atoms with Gasteiger partial charge in [0.25, 0.3) is 0 Å². The molecule has 1 saturated heterocycles. The summed E-state index contributed by atoms with van der Waals surface area (Å²) < 4.78 is 7.29. The van der Waals surface area contributed by atoms with Crippen LogP contribution in [0.2, 0.25) is 0 Å². The molecule has 0 aromatic carbocycles. The molecular weight excluding hydrogens is 230 g/mol. The van der Waals surface area contributed by atoms with Crippen molar-refractivity contribution in [3.05, 3.63) is 17.5 Å². The van der Waals surface area contributed by atoms with Crippen LogP contribution in [0.3, 0.4) is 0 Å². The minimum absolute atomic E-state index is 0.0100. The molecule has 1 amide bonds. The van der Waals surface area contributed by atoms with Crippen molar-refractivity contribution < 1.29 is 9.53 Å². The second-order valence-electron chi connectivity index (χ2n) is 4.99. The molecule has 0 unspecified atom stereocenters. The van der Waals surface area contributed by atoms with Crippen molar-refractivity contribution in [3.8, 4) is 0 Å². The van der Waals surface area contributed by atoms with Crippen LogP contribution in [0.15, 0.2) is 6.07 Å². The van der Waals surface area contributed by atoms with E-state index in [0.29, 0.717) is 0 Å². The Bertz CT molecular complexity index is 422. The van der Waals surface area contributed by atoms with E-state index in [4.69, 9.17) is 4.74 Å². The summed E-state index contributed by atoms with van der Waals surface area (Å²) in [5.74, 6) is -0.0100. The maximum atomic E-state index is 11.9. The average molecular weight is 251 g/mol. The van der Waals surface area contributed by atoms with Gasteiger partial charge >= 0.3 is 0 Å². The zero-order valence-electron chi connectivity index (χ0n) is 11.3. The van der Waals surface area contributed by atoms with Gasteiger partial charge in [0.1, 0.15) is 6.54 Å². The van der Waals surface area contributed by atoms with E-state index in [9.17, 15) is 4.79 Å². The fraction of sp³-hybridized carbons (Fsp3) is 0.692. The molecule has 100 valence electrons. The Labute approximate surface area is 108 Å². The predicted molar refractivity (Wildman–Crippen MR) is 68.3 cm³/mol. The largest absolute Gasteiger partial charge is 0.376 e. The van der Waals surface area contributed by atoms with Crippen LogP contribution in [0.1, 0.15) is 31.2 Å². The third kappa shape index (κ3) is 3.10. The van der Waals surface area contributed by atoms with Crippen molar-refractivity contribution in [2.75, 3.05) is 6.61 Å². The molecule has 1 fully saturated rings. The number of nitrogens with zero attached hydrogens (tertiary/aromatic N) is 2. The predicted octanol–water partition coefficient (Wildman–Crippen LogP) is 1.18. The Morgan fingerprint density at radius 3 is 3.00 bits per heavy atom. The average Bonchev–Trinajstić information content (AvgIpc) is 2.89. The number of rotatable bonds is 4. The van der Waals surface area contributed by atoms with E-state index in [0.717, 1.165) is 30.8 Å². The molecule has 0 saturated carbocycles. The molecule has 1 aromatic rings. The van der Waals surface area contributed by atoms with Crippen molar-refractivity contribution >= 4 is 5.91 Å². The molecule has 1 aliphatic heterocycles. The number of carbonyl (C=O) groups is 1. The van der Waals surface area contributed by atoms with Crippen LogP contribution in [0.5, 0.6) is 0 Å². The molecule has 18 heavy (non-hydrogen) atoms. The zero-order chi connectivity index (χ0) is 13.1. The normalized spacial score (nSPS) is 20.9. The minimum Gasteiger partial charge on any atom is -0.376 e. The summed E-state index contributed by atoms with van der Waals surface area (Å²) in [6, 6.07) is 2.04. The Morgan fingerprint density at radius 2 is 2.44 bits per heavy atom. The molecular formula is C13H21N3O2. The third-order valence-corrected chi connectivity index (χ3v) is 3.31. The van der Waals surface area contributed by atoms with Crippen LogP contribution in [0.25, 0.3) is 0 Å². The van der Waals surface area contributed by atoms with Crippen molar-refractivity contribution in [1.29, 1.82) is 0 Å². The molecule has 0 aliphatic carbocycles. The summed E-state index contributed by atoms with van der Waals surface area (Å²) in [4.78, 5) is 11.9. The summed E-state index contributed by atoms with van der Waals surface area (Å²) >= 11 is 0. The summed E-state index contributed by atoms with van der Waals surface area (Å²) in [6.07, 6.45) is 2.28. The van der Waals surface area contributed by atoms with E-state index in [1.54, 1.807) is 4.68 Å². The van der Waals surface area contributed by atoms with Gasteiger partial charge in [-0.05, 0) is 39.7 Å². The van der Waals surface area contributed by atoms with Crippen LogP contribution in [-0.2, 0) is 16.1 Å². The van der Waals surface area contributed by atoms with Gasteiger partial charge in [0, 0.05) is 12.3 Å². The molecule has 0 bridgehead atoms. The second kappa shape index (κ2) is 5.52. The molecule has 1 aromatic heterocycles. The van der Waals surface area contributed by atoms with E-state index in [1.165, 1.54) is 0 Å². The standard InChI is InChI=1S/C13H21N3O2/c1-9-7-10(2)16(15-9)8-13(17)14-11(3)12-5-4-6-18-12/h7,11-12H,4-6,8H2,1-3H3,(H,14,17)/t11-,12+/m0/s1. The topological polar surface area (TPSA) is 56.2 Å². The molecule has 2 atom stereocenters. The van der Waals surface area contributed by atoms with Gasteiger partial charge in [0.2, 0.25) is 5.91 Å². The summed E-state index contributed by atoms with van der Waals surface area (Å²) in [5, 5.41) is 7.26. The Balaban J connectivity index is 1.86. The number of hydrogen-bond donors (Lipinski definition) is 1. The minimum atomic E-state index is -0.0100. The fourth-order valence-corrected chi connectivity index (χ4v) is 2.36. The van der Waals surface area contributed by atoms with Gasteiger partial charge < -0.3 is 10.1 Å². The van der Waals surface area contributed by atoms with Crippen molar-refractivity contribution in [1.82, 2.24) is 15.1 Å². The molecule has 0 spiro atoms. The van der Waals surface area contributed by atoms with E-state index >= 15 is 0 Å². The number of hydrogen-bond acceptors (Lipinski definition) is 3. The van der Waals surface area contributed by atoms with Crippen LogP contribution in [0.4, 0.5) is 0 Å². The maximum absolute atomic E-state index is 11.9. The first-order chi connectivity index (χ1) is 8.56. The first-order valence-corrected chi connectivity index (χ1v) is 6.48. The lowest BCUT2D eigenvalue weighted by molar-refractivity contribution is -0.123. The Morgan fingerprint density at radius 1 is 1.67 bits per heavy atom. The van der Waals surface area contributed by atoms with Crippen LogP contribution < -0.4 is 5.32 Å². The number of ether oxygens (including phenoxy) is 1. The van der Waals surface area contributed by atoms with Gasteiger partial charge in [-0.1, -0.05) is 0 Å². The van der Waals surface area contributed by atoms with Gasteiger partial charge in [-0.25, -0.2) is 0 Å². The monoisotopic (exact) mass is 251 g/mol. The van der Waals surface area contributed by atoms with Crippen molar-refractivity contribution in [3.63, 3.8) is 0 Å². The first-order valence-electron chi connectivity index (χ1n) is 6.48. The molecule has 5 heteroatoms. The molecule has 1 aliphatic rings. The Kier molecular flexibility index (Phi) is 4.01. The lowest BCUT2D eigenvalue weighted by Crippen LogP contribution is -2.42. The second-order valence-corrected chi connectivity index (χ2v) is 4.99. The lowest BCUT2D eigenvalue weighted by atomic mass is 10.1. The Hall–Kier alpha value is -1.36. The van der Waals surface area contributed by atoms with Crippen LogP contribution in [0, 0.1) is 13.8 Å². The molecule has 2 rings (SSSR count). The molecule has 1 N–H and O–H groups in total. The van der Waals surface area contributed by atoms with Gasteiger partial charge in [-0.3, -0.25) is 9.48 Å². The smallest absolute Gasteiger partial charge is 0.242 e. The number of aryl methyl sites for hydroxylation is 2. The molecule has 2 heterocycles. The number of aromatic nitrogens is 2. The molecule has 5 nitrogen and oxygen atoms in total. The van der Waals surface area contributed by atoms with E-state index < -0.39 is 0 Å². The van der Waals surface area contributed by atoms with Crippen molar-refractivity contribution in [2.45, 2.75) is 52.3 Å². The fourth-order valence-electron chi connectivity index (χ4n) is 2.36. The van der Waals surface area contributed by atoms with Crippen molar-refractivity contribution in [2.24, 2.45) is 0 Å². The van der Waals surface area contributed by atoms with Gasteiger partial charge in [0.05, 0.1) is 17.8 Å². The highest BCUT2D eigenvalue weighted by molar-refractivity contribution is 5.76. The summed E-state index contributed by atoms with van der Waals surface area (Å²) in [6.45, 7) is 6.96. The maximum Gasteiger partial charge on any atom is 0.242 e. The van der Waals surface area contributed by atoms with E-state index in [-0.39, 0.29) is 24.6 Å². The highest BCUT2D eigenvalue weighted by atomic mass is 16.5. The third-order valence-electron chi connectivity index (χ3n) is 3.31. The van der Waals surface area contributed by atoms with Gasteiger partial charge in [0.15, 0.2) is 0 Å².